The second-order valence-electron chi connectivity index (χ2n) is 5.84. The summed E-state index contributed by atoms with van der Waals surface area (Å²) in [6, 6.07) is -0.247. The third-order valence-corrected chi connectivity index (χ3v) is 4.49. The number of rotatable bonds is 5. The molecule has 0 spiro atoms. The topological polar surface area (TPSA) is 72.9 Å². The minimum Gasteiger partial charge on any atom is -0.480 e. The number of carboxylic acid groups (broad SMARTS) is 1. The standard InChI is InChI=1S/C14H25N3O3/c1-16(11-5-2-3-6-11)10-8-15-14(20)17-9-4-7-12(17)13(18)19/h11-12H,2-10H2,1H3,(H,15,20)(H,18,19). The molecule has 6 nitrogen and oxygen atoms in total. The van der Waals surface area contributed by atoms with E-state index in [2.05, 4.69) is 17.3 Å². The third kappa shape index (κ3) is 3.62. The maximum absolute atomic E-state index is 12.0. The summed E-state index contributed by atoms with van der Waals surface area (Å²) in [6.45, 7) is 1.94. The quantitative estimate of drug-likeness (QED) is 0.793. The predicted octanol–water partition coefficient (Wildman–Crippen LogP) is 1.12. The van der Waals surface area contributed by atoms with Gasteiger partial charge in [0.05, 0.1) is 0 Å². The van der Waals surface area contributed by atoms with Crippen LogP contribution in [0, 0.1) is 0 Å². The molecule has 6 heteroatoms. The van der Waals surface area contributed by atoms with E-state index in [0.29, 0.717) is 25.6 Å². The zero-order valence-electron chi connectivity index (χ0n) is 12.2. The molecule has 0 aromatic carbocycles. The Morgan fingerprint density at radius 1 is 1.25 bits per heavy atom. The van der Waals surface area contributed by atoms with Crippen LogP contribution >= 0.6 is 0 Å². The van der Waals surface area contributed by atoms with Gasteiger partial charge in [0.1, 0.15) is 6.04 Å². The summed E-state index contributed by atoms with van der Waals surface area (Å²) in [4.78, 5) is 26.8. The molecule has 114 valence electrons. The number of likely N-dealkylation sites (N-methyl/N-ethyl adjacent to an activating group) is 1. The summed E-state index contributed by atoms with van der Waals surface area (Å²) in [5.74, 6) is -0.902. The number of carbonyl (C=O) groups excluding carboxylic acids is 1. The molecule has 2 amide bonds. The molecular formula is C14H25N3O3. The molecule has 20 heavy (non-hydrogen) atoms. The number of likely N-dealkylation sites (tertiary alicyclic amines) is 1. The number of carbonyl (C=O) groups is 2. The van der Waals surface area contributed by atoms with E-state index < -0.39 is 12.0 Å². The maximum Gasteiger partial charge on any atom is 0.326 e. The lowest BCUT2D eigenvalue weighted by Gasteiger charge is -2.25. The van der Waals surface area contributed by atoms with Crippen LogP contribution in [0.5, 0.6) is 0 Å². The van der Waals surface area contributed by atoms with Gasteiger partial charge in [-0.05, 0) is 32.7 Å². The summed E-state index contributed by atoms with van der Waals surface area (Å²) in [6.07, 6.45) is 6.43. The molecule has 1 unspecified atom stereocenters. The highest BCUT2D eigenvalue weighted by molar-refractivity contribution is 5.83. The van der Waals surface area contributed by atoms with Gasteiger partial charge in [-0.25, -0.2) is 9.59 Å². The molecule has 0 radical (unpaired) electrons. The molecule has 1 aliphatic carbocycles. The van der Waals surface area contributed by atoms with Crippen LogP contribution in [-0.4, -0.2) is 65.7 Å². The van der Waals surface area contributed by atoms with Gasteiger partial charge in [0.2, 0.25) is 0 Å². The largest absolute Gasteiger partial charge is 0.480 e. The second kappa shape index (κ2) is 6.92. The highest BCUT2D eigenvalue weighted by Crippen LogP contribution is 2.22. The Hall–Kier alpha value is -1.30. The van der Waals surface area contributed by atoms with E-state index in [0.717, 1.165) is 13.0 Å². The zero-order chi connectivity index (χ0) is 14.5. The van der Waals surface area contributed by atoms with Gasteiger partial charge < -0.3 is 20.2 Å². The highest BCUT2D eigenvalue weighted by Gasteiger charge is 2.33. The number of nitrogens with one attached hydrogen (secondary N) is 1. The molecule has 1 aliphatic heterocycles. The molecular weight excluding hydrogens is 258 g/mol. The Bertz CT molecular complexity index is 356. The van der Waals surface area contributed by atoms with Crippen LogP contribution in [0.2, 0.25) is 0 Å². The number of aliphatic carboxylic acids is 1. The first-order chi connectivity index (χ1) is 9.59. The second-order valence-corrected chi connectivity index (χ2v) is 5.84. The van der Waals surface area contributed by atoms with E-state index in [1.165, 1.54) is 30.6 Å². The zero-order valence-corrected chi connectivity index (χ0v) is 12.2. The Kier molecular flexibility index (Phi) is 5.23. The SMILES string of the molecule is CN(CCNC(=O)N1CCCC1C(=O)O)C1CCCC1. The molecule has 1 atom stereocenters. The van der Waals surface area contributed by atoms with E-state index in [4.69, 9.17) is 5.11 Å². The molecule has 1 heterocycles. The van der Waals surface area contributed by atoms with Crippen LogP contribution in [-0.2, 0) is 4.79 Å². The summed E-state index contributed by atoms with van der Waals surface area (Å²) >= 11 is 0. The lowest BCUT2D eigenvalue weighted by atomic mass is 10.2. The predicted molar refractivity (Wildman–Crippen MR) is 75.6 cm³/mol. The fourth-order valence-corrected chi connectivity index (χ4v) is 3.23. The number of urea groups is 1. The minimum absolute atomic E-state index is 0.241. The van der Waals surface area contributed by atoms with Crippen LogP contribution < -0.4 is 5.32 Å². The van der Waals surface area contributed by atoms with E-state index in [1.54, 1.807) is 0 Å². The van der Waals surface area contributed by atoms with Crippen LogP contribution in [0.25, 0.3) is 0 Å². The van der Waals surface area contributed by atoms with Crippen LogP contribution in [0.3, 0.4) is 0 Å². The average Bonchev–Trinajstić information content (AvgIpc) is 3.09. The molecule has 2 aliphatic rings. The van der Waals surface area contributed by atoms with Crippen molar-refractivity contribution >= 4 is 12.0 Å². The van der Waals surface area contributed by atoms with Crippen molar-refractivity contribution in [1.82, 2.24) is 15.1 Å². The summed E-state index contributed by atoms with van der Waals surface area (Å²) in [5.41, 5.74) is 0. The molecule has 1 saturated carbocycles. The Morgan fingerprint density at radius 2 is 1.95 bits per heavy atom. The van der Waals surface area contributed by atoms with Crippen molar-refractivity contribution in [2.45, 2.75) is 50.6 Å². The van der Waals surface area contributed by atoms with E-state index in [9.17, 15) is 9.59 Å². The molecule has 2 N–H and O–H groups in total. The number of hydrogen-bond acceptors (Lipinski definition) is 3. The molecule has 0 aromatic heterocycles. The van der Waals surface area contributed by atoms with Crippen LogP contribution in [0.1, 0.15) is 38.5 Å². The Labute approximate surface area is 120 Å². The van der Waals surface area contributed by atoms with Crippen molar-refractivity contribution in [2.24, 2.45) is 0 Å². The number of hydrogen-bond donors (Lipinski definition) is 2. The van der Waals surface area contributed by atoms with Crippen molar-refractivity contribution < 1.29 is 14.7 Å². The first-order valence-corrected chi connectivity index (χ1v) is 7.57. The molecule has 0 bridgehead atoms. The highest BCUT2D eigenvalue weighted by atomic mass is 16.4. The van der Waals surface area contributed by atoms with Gasteiger partial charge >= 0.3 is 12.0 Å². The van der Waals surface area contributed by atoms with E-state index >= 15 is 0 Å². The third-order valence-electron chi connectivity index (χ3n) is 4.49. The van der Waals surface area contributed by atoms with Crippen molar-refractivity contribution in [3.63, 3.8) is 0 Å². The number of amides is 2. The van der Waals surface area contributed by atoms with Gasteiger partial charge in [0.25, 0.3) is 0 Å². The lowest BCUT2D eigenvalue weighted by molar-refractivity contribution is -0.141. The maximum atomic E-state index is 12.0. The average molecular weight is 283 g/mol. The number of carboxylic acids is 1. The van der Waals surface area contributed by atoms with Crippen LogP contribution in [0.4, 0.5) is 4.79 Å². The summed E-state index contributed by atoms with van der Waals surface area (Å²) < 4.78 is 0. The van der Waals surface area contributed by atoms with E-state index in [-0.39, 0.29) is 6.03 Å². The molecule has 2 fully saturated rings. The molecule has 0 aromatic rings. The number of nitrogens with zero attached hydrogens (tertiary/aromatic N) is 2. The van der Waals surface area contributed by atoms with Crippen molar-refractivity contribution in [2.75, 3.05) is 26.7 Å². The van der Waals surface area contributed by atoms with Gasteiger partial charge in [-0.3, -0.25) is 0 Å². The van der Waals surface area contributed by atoms with Crippen molar-refractivity contribution in [3.05, 3.63) is 0 Å². The van der Waals surface area contributed by atoms with Gasteiger partial charge in [0, 0.05) is 25.7 Å². The fraction of sp³-hybridized carbons (Fsp3) is 0.857. The van der Waals surface area contributed by atoms with Crippen molar-refractivity contribution in [3.8, 4) is 0 Å². The van der Waals surface area contributed by atoms with Gasteiger partial charge in [-0.1, -0.05) is 12.8 Å². The first-order valence-electron chi connectivity index (χ1n) is 7.57. The monoisotopic (exact) mass is 283 g/mol. The Morgan fingerprint density at radius 3 is 2.60 bits per heavy atom. The summed E-state index contributed by atoms with van der Waals surface area (Å²) in [7, 11) is 2.10. The van der Waals surface area contributed by atoms with E-state index in [1.807, 2.05) is 0 Å². The smallest absolute Gasteiger partial charge is 0.326 e. The minimum atomic E-state index is -0.902. The van der Waals surface area contributed by atoms with Gasteiger partial charge in [-0.2, -0.15) is 0 Å². The van der Waals surface area contributed by atoms with Gasteiger partial charge in [-0.15, -0.1) is 0 Å². The van der Waals surface area contributed by atoms with Crippen molar-refractivity contribution in [1.29, 1.82) is 0 Å². The van der Waals surface area contributed by atoms with Gasteiger partial charge in [0.15, 0.2) is 0 Å². The molecule has 1 saturated heterocycles. The normalized spacial score (nSPS) is 23.5. The fourth-order valence-electron chi connectivity index (χ4n) is 3.23. The summed E-state index contributed by atoms with van der Waals surface area (Å²) in [5, 5.41) is 11.9. The molecule has 2 rings (SSSR count). The van der Waals surface area contributed by atoms with Crippen LogP contribution in [0.15, 0.2) is 0 Å². The Balaban J connectivity index is 1.70. The lowest BCUT2D eigenvalue weighted by Crippen LogP contribution is -2.47. The first kappa shape index (κ1) is 15.1.